The van der Waals surface area contributed by atoms with Crippen LogP contribution in [-0.2, 0) is 4.79 Å². The minimum Gasteiger partial charge on any atom is -0.491 e. The van der Waals surface area contributed by atoms with E-state index in [4.69, 9.17) is 39.5 Å². The average molecular weight is 442 g/mol. The van der Waals surface area contributed by atoms with E-state index in [1.54, 1.807) is 24.3 Å². The summed E-state index contributed by atoms with van der Waals surface area (Å²) in [5.74, 6) is 0.199. The lowest BCUT2D eigenvalue weighted by Crippen LogP contribution is -2.19. The largest absolute Gasteiger partial charge is 0.491 e. The molecule has 1 fully saturated rings. The zero-order valence-electron chi connectivity index (χ0n) is 14.5. The van der Waals surface area contributed by atoms with E-state index in [-0.39, 0.29) is 5.91 Å². The van der Waals surface area contributed by atoms with Crippen LogP contribution in [0, 0.1) is 6.92 Å². The second-order valence-electron chi connectivity index (χ2n) is 5.61. The highest BCUT2D eigenvalue weighted by molar-refractivity contribution is 8.18. The van der Waals surface area contributed by atoms with E-state index in [0.29, 0.717) is 48.7 Å². The number of hydrogen-bond acceptors (Lipinski definition) is 4. The molecule has 3 rings (SSSR count). The van der Waals surface area contributed by atoms with E-state index in [1.807, 2.05) is 26.0 Å². The molecule has 0 spiro atoms. The van der Waals surface area contributed by atoms with E-state index in [1.165, 1.54) is 11.8 Å². The fraction of sp³-hybridized carbons (Fsp3) is 0.158. The highest BCUT2D eigenvalue weighted by Gasteiger charge is 2.24. The van der Waals surface area contributed by atoms with Gasteiger partial charge in [-0.2, -0.15) is 0 Å². The number of halogens is 3. The van der Waals surface area contributed by atoms with Gasteiger partial charge in [0.25, 0.3) is 5.91 Å². The number of benzene rings is 2. The monoisotopic (exact) mass is 440 g/mol. The van der Waals surface area contributed by atoms with Crippen LogP contribution in [0.5, 0.6) is 5.75 Å². The van der Waals surface area contributed by atoms with Crippen LogP contribution in [0.25, 0.3) is 6.08 Å². The number of rotatable bonds is 4. The maximum absolute atomic E-state index is 12.3. The van der Waals surface area contributed by atoms with Gasteiger partial charge in [0.1, 0.15) is 0 Å². The van der Waals surface area contributed by atoms with E-state index in [0.717, 1.165) is 5.56 Å². The van der Waals surface area contributed by atoms with Crippen molar-refractivity contribution in [1.82, 2.24) is 5.32 Å². The number of amidine groups is 1. The number of ether oxygens (including phenoxy) is 1. The van der Waals surface area contributed by atoms with Gasteiger partial charge in [-0.15, -0.1) is 0 Å². The Morgan fingerprint density at radius 1 is 1.19 bits per heavy atom. The maximum Gasteiger partial charge on any atom is 0.264 e. The number of hydrogen-bond donors (Lipinski definition) is 1. The van der Waals surface area contributed by atoms with Gasteiger partial charge in [-0.1, -0.05) is 40.9 Å². The van der Waals surface area contributed by atoms with Crippen LogP contribution in [0.15, 0.2) is 40.2 Å². The van der Waals surface area contributed by atoms with E-state index in [2.05, 4.69) is 10.3 Å². The Bertz CT molecular complexity index is 950. The van der Waals surface area contributed by atoms with Crippen molar-refractivity contribution in [2.75, 3.05) is 6.61 Å². The Kier molecular flexibility index (Phi) is 6.37. The molecule has 0 saturated carbocycles. The molecule has 0 bridgehead atoms. The van der Waals surface area contributed by atoms with Crippen LogP contribution < -0.4 is 10.1 Å². The Labute approximate surface area is 176 Å². The van der Waals surface area contributed by atoms with Crippen molar-refractivity contribution in [3.63, 3.8) is 0 Å². The first-order valence-electron chi connectivity index (χ1n) is 8.05. The Hall–Kier alpha value is -1.66. The summed E-state index contributed by atoms with van der Waals surface area (Å²) in [5.41, 5.74) is 2.26. The lowest BCUT2D eigenvalue weighted by molar-refractivity contribution is -0.115. The fourth-order valence-corrected chi connectivity index (χ4v) is 4.02. The molecule has 4 nitrogen and oxygen atoms in total. The summed E-state index contributed by atoms with van der Waals surface area (Å²) in [5, 5.41) is 4.65. The molecule has 1 saturated heterocycles. The second-order valence-corrected chi connectivity index (χ2v) is 7.86. The highest BCUT2D eigenvalue weighted by Crippen LogP contribution is 2.36. The first kappa shape index (κ1) is 20.1. The van der Waals surface area contributed by atoms with Crippen LogP contribution >= 0.6 is 46.6 Å². The Morgan fingerprint density at radius 2 is 1.89 bits per heavy atom. The van der Waals surface area contributed by atoms with Gasteiger partial charge in [-0.3, -0.25) is 4.79 Å². The number of nitrogens with one attached hydrogen (secondary N) is 1. The van der Waals surface area contributed by atoms with Gasteiger partial charge in [0.15, 0.2) is 10.9 Å². The number of aliphatic imine (C=N–C) groups is 1. The molecule has 1 heterocycles. The predicted molar refractivity (Wildman–Crippen MR) is 115 cm³/mol. The first-order valence-corrected chi connectivity index (χ1v) is 10.0. The number of thioether (sulfide) groups is 1. The van der Waals surface area contributed by atoms with Crippen molar-refractivity contribution in [1.29, 1.82) is 0 Å². The molecule has 8 heteroatoms. The molecule has 0 atom stereocenters. The Balaban J connectivity index is 1.87. The van der Waals surface area contributed by atoms with Gasteiger partial charge in [-0.25, -0.2) is 4.99 Å². The molecule has 1 amide bonds. The van der Waals surface area contributed by atoms with E-state index < -0.39 is 0 Å². The van der Waals surface area contributed by atoms with Gasteiger partial charge < -0.3 is 10.1 Å². The van der Waals surface area contributed by atoms with Crippen LogP contribution in [0.1, 0.15) is 18.1 Å². The molecule has 2 aromatic rings. The van der Waals surface area contributed by atoms with Crippen molar-refractivity contribution in [2.24, 2.45) is 4.99 Å². The molecule has 1 N–H and O–H groups in total. The number of nitrogens with zero attached hydrogens (tertiary/aromatic N) is 1. The normalized spacial score (nSPS) is 16.9. The third-order valence-corrected chi connectivity index (χ3v) is 5.60. The van der Waals surface area contributed by atoms with Crippen LogP contribution in [0.4, 0.5) is 5.69 Å². The van der Waals surface area contributed by atoms with Gasteiger partial charge in [-0.05, 0) is 67.1 Å². The molecular formula is C19H15Cl3N2O2S. The lowest BCUT2D eigenvalue weighted by atomic mass is 10.2. The molecule has 140 valence electrons. The quantitative estimate of drug-likeness (QED) is 0.571. The summed E-state index contributed by atoms with van der Waals surface area (Å²) in [6.07, 6.45) is 1.71. The molecule has 2 aromatic carbocycles. The van der Waals surface area contributed by atoms with Crippen molar-refractivity contribution >= 4 is 69.4 Å². The van der Waals surface area contributed by atoms with Gasteiger partial charge >= 0.3 is 0 Å². The summed E-state index contributed by atoms with van der Waals surface area (Å²) >= 11 is 19.8. The van der Waals surface area contributed by atoms with Gasteiger partial charge in [0.05, 0.1) is 27.2 Å². The van der Waals surface area contributed by atoms with Crippen LogP contribution in [0.2, 0.25) is 15.1 Å². The smallest absolute Gasteiger partial charge is 0.264 e. The molecular weight excluding hydrogens is 427 g/mol. The third-order valence-electron chi connectivity index (χ3n) is 3.72. The van der Waals surface area contributed by atoms with Gasteiger partial charge in [0.2, 0.25) is 0 Å². The Morgan fingerprint density at radius 3 is 2.56 bits per heavy atom. The van der Waals surface area contributed by atoms with Crippen molar-refractivity contribution in [3.8, 4) is 5.75 Å². The molecule has 27 heavy (non-hydrogen) atoms. The maximum atomic E-state index is 12.3. The van der Waals surface area contributed by atoms with Crippen LogP contribution in [-0.4, -0.2) is 17.7 Å². The highest BCUT2D eigenvalue weighted by atomic mass is 35.5. The molecule has 1 aliphatic heterocycles. The number of amides is 1. The van der Waals surface area contributed by atoms with Crippen molar-refractivity contribution < 1.29 is 9.53 Å². The summed E-state index contributed by atoms with van der Waals surface area (Å²) in [6, 6.07) is 8.86. The average Bonchev–Trinajstić information content (AvgIpc) is 2.94. The summed E-state index contributed by atoms with van der Waals surface area (Å²) < 4.78 is 5.42. The minimum absolute atomic E-state index is 0.237. The lowest BCUT2D eigenvalue weighted by Gasteiger charge is -2.08. The third kappa shape index (κ3) is 4.61. The van der Waals surface area contributed by atoms with Crippen LogP contribution in [0.3, 0.4) is 0 Å². The molecule has 0 aromatic heterocycles. The summed E-state index contributed by atoms with van der Waals surface area (Å²) in [6.45, 7) is 4.19. The minimum atomic E-state index is -0.237. The standard InChI is InChI=1S/C19H15Cl3N2O2S/c1-3-26-17-13(21)7-11(8-14(17)22)9-16-18(25)24-19(27-16)23-15-6-4-5-12(20)10(15)2/h4-9H,3H2,1-2H3,(H,23,24,25)/b16-9+. The van der Waals surface area contributed by atoms with E-state index >= 15 is 0 Å². The van der Waals surface area contributed by atoms with E-state index in [9.17, 15) is 4.79 Å². The first-order chi connectivity index (χ1) is 12.9. The molecule has 0 unspecified atom stereocenters. The number of carbonyl (C=O) groups is 1. The number of carbonyl (C=O) groups excluding carboxylic acids is 1. The molecule has 0 aliphatic carbocycles. The zero-order chi connectivity index (χ0) is 19.6. The fourth-order valence-electron chi connectivity index (χ4n) is 2.40. The second kappa shape index (κ2) is 8.57. The molecule has 1 aliphatic rings. The topological polar surface area (TPSA) is 50.7 Å². The summed E-state index contributed by atoms with van der Waals surface area (Å²) in [7, 11) is 0. The molecule has 0 radical (unpaired) electrons. The summed E-state index contributed by atoms with van der Waals surface area (Å²) in [4.78, 5) is 17.2. The predicted octanol–water partition coefficient (Wildman–Crippen LogP) is 6.25. The zero-order valence-corrected chi connectivity index (χ0v) is 17.6. The van der Waals surface area contributed by atoms with Crippen molar-refractivity contribution in [3.05, 3.63) is 61.4 Å². The van der Waals surface area contributed by atoms with Gasteiger partial charge in [0, 0.05) is 5.02 Å². The SMILES string of the molecule is CCOc1c(Cl)cc(/C=C2/SC(=Nc3cccc(Cl)c3C)NC2=O)cc1Cl. The van der Waals surface area contributed by atoms with Crippen molar-refractivity contribution in [2.45, 2.75) is 13.8 Å².